The molecule has 0 bridgehead atoms. The molecule has 164 valence electrons. The number of nitrogens with one attached hydrogen (secondary N) is 1. The molecule has 8 nitrogen and oxygen atoms in total. The molecule has 0 amide bonds. The molecular formula is C25H24N8. The second-order valence-corrected chi connectivity index (χ2v) is 8.08. The number of benzene rings is 1. The number of rotatable bonds is 6. The number of nitrogens with zero attached hydrogens (tertiary/aromatic N) is 6. The van der Waals surface area contributed by atoms with Crippen LogP contribution in [0.1, 0.15) is 25.5 Å². The van der Waals surface area contributed by atoms with Crippen LogP contribution in [-0.2, 0) is 6.54 Å². The molecule has 0 aliphatic rings. The third-order valence-electron chi connectivity index (χ3n) is 5.39. The number of pyridine rings is 2. The van der Waals surface area contributed by atoms with Gasteiger partial charge in [0.1, 0.15) is 5.52 Å². The van der Waals surface area contributed by atoms with Crippen LogP contribution >= 0.6 is 0 Å². The fraction of sp³-hybridized carbons (Fsp3) is 0.160. The molecule has 0 aliphatic carbocycles. The van der Waals surface area contributed by atoms with E-state index >= 15 is 0 Å². The Labute approximate surface area is 191 Å². The first kappa shape index (κ1) is 20.6. The van der Waals surface area contributed by atoms with E-state index in [1.165, 1.54) is 0 Å². The van der Waals surface area contributed by atoms with Crippen LogP contribution in [0.25, 0.3) is 33.8 Å². The van der Waals surface area contributed by atoms with Crippen molar-refractivity contribution in [2.45, 2.75) is 26.4 Å². The van der Waals surface area contributed by atoms with E-state index in [1.54, 1.807) is 6.20 Å². The van der Waals surface area contributed by atoms with Gasteiger partial charge in [0.2, 0.25) is 0 Å². The quantitative estimate of drug-likeness (QED) is 0.371. The van der Waals surface area contributed by atoms with Crippen molar-refractivity contribution in [3.8, 4) is 22.6 Å². The average Bonchev–Trinajstić information content (AvgIpc) is 3.28. The molecule has 0 saturated heterocycles. The van der Waals surface area contributed by atoms with Gasteiger partial charge in [-0.05, 0) is 61.9 Å². The maximum absolute atomic E-state index is 5.86. The summed E-state index contributed by atoms with van der Waals surface area (Å²) in [7, 11) is 0. The molecule has 33 heavy (non-hydrogen) atoms. The van der Waals surface area contributed by atoms with Gasteiger partial charge in [-0.25, -0.2) is 15.0 Å². The molecule has 5 rings (SSSR count). The molecule has 0 radical (unpaired) electrons. The summed E-state index contributed by atoms with van der Waals surface area (Å²) in [6, 6.07) is 15.7. The van der Waals surface area contributed by atoms with Gasteiger partial charge in [-0.3, -0.25) is 9.97 Å². The molecular weight excluding hydrogens is 412 g/mol. The summed E-state index contributed by atoms with van der Waals surface area (Å²) in [5, 5.41) is 3.43. The minimum atomic E-state index is 0.223. The predicted molar refractivity (Wildman–Crippen MR) is 130 cm³/mol. The molecule has 4 heterocycles. The van der Waals surface area contributed by atoms with E-state index in [0.29, 0.717) is 23.9 Å². The number of fused-ring (bicyclic) bond motifs is 1. The Morgan fingerprint density at radius 1 is 0.939 bits per heavy atom. The first-order valence-corrected chi connectivity index (χ1v) is 10.8. The lowest BCUT2D eigenvalue weighted by molar-refractivity contribution is 0.613. The fourth-order valence-corrected chi connectivity index (χ4v) is 3.58. The standard InChI is InChI=1S/C25H24N8/c1-16(2)33-15-30-22-24(31-23(32-25(22)33)18-6-8-20(26)9-7-18)29-13-17-5-10-21(28-12-17)19-4-3-11-27-14-19/h3-12,14-16H,13,26H2,1-2H3,(H,29,31,32). The Morgan fingerprint density at radius 3 is 2.48 bits per heavy atom. The molecule has 0 spiro atoms. The lowest BCUT2D eigenvalue weighted by atomic mass is 10.1. The minimum absolute atomic E-state index is 0.223. The summed E-state index contributed by atoms with van der Waals surface area (Å²) in [6.07, 6.45) is 7.23. The molecule has 5 aromatic rings. The summed E-state index contributed by atoms with van der Waals surface area (Å²) in [5.74, 6) is 1.31. The number of imidazole rings is 1. The Kier molecular flexibility index (Phi) is 5.40. The molecule has 0 fully saturated rings. The predicted octanol–water partition coefficient (Wildman–Crippen LogP) is 4.73. The van der Waals surface area contributed by atoms with E-state index in [2.05, 4.69) is 34.1 Å². The van der Waals surface area contributed by atoms with E-state index < -0.39 is 0 Å². The molecule has 0 unspecified atom stereocenters. The topological polar surface area (TPSA) is 107 Å². The number of hydrogen-bond acceptors (Lipinski definition) is 7. The molecule has 8 heteroatoms. The normalized spacial score (nSPS) is 11.2. The van der Waals surface area contributed by atoms with Crippen LogP contribution in [0.3, 0.4) is 0 Å². The maximum Gasteiger partial charge on any atom is 0.166 e. The van der Waals surface area contributed by atoms with Crippen molar-refractivity contribution in [2.75, 3.05) is 11.1 Å². The monoisotopic (exact) mass is 436 g/mol. The molecule has 4 aromatic heterocycles. The Hall–Kier alpha value is -4.33. The minimum Gasteiger partial charge on any atom is -0.399 e. The van der Waals surface area contributed by atoms with Crippen molar-refractivity contribution in [3.05, 3.63) is 79.0 Å². The zero-order valence-electron chi connectivity index (χ0n) is 18.5. The Balaban J connectivity index is 1.46. The zero-order chi connectivity index (χ0) is 22.8. The first-order valence-electron chi connectivity index (χ1n) is 10.8. The molecule has 0 saturated carbocycles. The zero-order valence-corrected chi connectivity index (χ0v) is 18.5. The van der Waals surface area contributed by atoms with Crippen molar-refractivity contribution in [1.29, 1.82) is 0 Å². The Bertz CT molecular complexity index is 1370. The number of nitrogen functional groups attached to an aromatic ring is 1. The smallest absolute Gasteiger partial charge is 0.166 e. The molecule has 0 atom stereocenters. The maximum atomic E-state index is 5.86. The van der Waals surface area contributed by atoms with Gasteiger partial charge in [0.25, 0.3) is 0 Å². The SMILES string of the molecule is CC(C)n1cnc2c(NCc3ccc(-c4cccnc4)nc3)nc(-c3ccc(N)cc3)nc21. The van der Waals surface area contributed by atoms with Gasteiger partial charge in [-0.15, -0.1) is 0 Å². The van der Waals surface area contributed by atoms with Gasteiger partial charge in [-0.1, -0.05) is 6.07 Å². The first-order chi connectivity index (χ1) is 16.1. The lowest BCUT2D eigenvalue weighted by Crippen LogP contribution is -2.06. The summed E-state index contributed by atoms with van der Waals surface area (Å²) < 4.78 is 2.05. The Morgan fingerprint density at radius 2 is 1.79 bits per heavy atom. The van der Waals surface area contributed by atoms with Crippen molar-refractivity contribution in [1.82, 2.24) is 29.5 Å². The van der Waals surface area contributed by atoms with Gasteiger partial charge in [0.15, 0.2) is 17.3 Å². The van der Waals surface area contributed by atoms with Crippen LogP contribution in [0, 0.1) is 0 Å². The van der Waals surface area contributed by atoms with Crippen LogP contribution in [0.15, 0.2) is 73.4 Å². The van der Waals surface area contributed by atoms with Crippen LogP contribution in [0.2, 0.25) is 0 Å². The number of anilines is 2. The highest BCUT2D eigenvalue weighted by atomic mass is 15.2. The molecule has 0 aliphatic heterocycles. The van der Waals surface area contributed by atoms with Gasteiger partial charge in [-0.2, -0.15) is 0 Å². The van der Waals surface area contributed by atoms with E-state index in [-0.39, 0.29) is 6.04 Å². The van der Waals surface area contributed by atoms with Crippen LogP contribution in [-0.4, -0.2) is 29.5 Å². The highest BCUT2D eigenvalue weighted by Gasteiger charge is 2.16. The number of hydrogen-bond donors (Lipinski definition) is 2. The van der Waals surface area contributed by atoms with E-state index in [4.69, 9.17) is 15.7 Å². The second kappa shape index (κ2) is 8.66. The third kappa shape index (κ3) is 4.23. The average molecular weight is 437 g/mol. The van der Waals surface area contributed by atoms with Gasteiger partial charge >= 0.3 is 0 Å². The lowest BCUT2D eigenvalue weighted by Gasteiger charge is -2.12. The summed E-state index contributed by atoms with van der Waals surface area (Å²) in [6.45, 7) is 4.77. The van der Waals surface area contributed by atoms with Crippen molar-refractivity contribution in [3.63, 3.8) is 0 Å². The summed E-state index contributed by atoms with van der Waals surface area (Å²) >= 11 is 0. The highest BCUT2D eigenvalue weighted by Crippen LogP contribution is 2.27. The fourth-order valence-electron chi connectivity index (χ4n) is 3.58. The van der Waals surface area contributed by atoms with Gasteiger partial charge in [0, 0.05) is 48.0 Å². The number of nitrogens with two attached hydrogens (primary N) is 1. The molecule has 1 aromatic carbocycles. The van der Waals surface area contributed by atoms with E-state index in [9.17, 15) is 0 Å². The van der Waals surface area contributed by atoms with Crippen LogP contribution < -0.4 is 11.1 Å². The third-order valence-corrected chi connectivity index (χ3v) is 5.39. The highest BCUT2D eigenvalue weighted by molar-refractivity contribution is 5.85. The van der Waals surface area contributed by atoms with Crippen molar-refractivity contribution < 1.29 is 0 Å². The molecule has 3 N–H and O–H groups in total. The van der Waals surface area contributed by atoms with Crippen molar-refractivity contribution in [2.24, 2.45) is 0 Å². The van der Waals surface area contributed by atoms with Crippen LogP contribution in [0.5, 0.6) is 0 Å². The summed E-state index contributed by atoms with van der Waals surface area (Å²) in [4.78, 5) is 22.9. The largest absolute Gasteiger partial charge is 0.399 e. The van der Waals surface area contributed by atoms with Crippen molar-refractivity contribution >= 4 is 22.7 Å². The van der Waals surface area contributed by atoms with Crippen LogP contribution in [0.4, 0.5) is 11.5 Å². The van der Waals surface area contributed by atoms with E-state index in [1.807, 2.05) is 71.8 Å². The van der Waals surface area contributed by atoms with Gasteiger partial charge in [0.05, 0.1) is 12.0 Å². The second-order valence-electron chi connectivity index (χ2n) is 8.08. The van der Waals surface area contributed by atoms with E-state index in [0.717, 1.165) is 33.5 Å². The van der Waals surface area contributed by atoms with Gasteiger partial charge < -0.3 is 15.6 Å². The number of aromatic nitrogens is 6. The summed E-state index contributed by atoms with van der Waals surface area (Å²) in [5.41, 5.74) is 11.9.